The van der Waals surface area contributed by atoms with Crippen LogP contribution in [0.15, 0.2) is 10.3 Å². The zero-order valence-corrected chi connectivity index (χ0v) is 6.32. The first-order valence-corrected chi connectivity index (χ1v) is 3.32. The molecule has 0 nitrogen and oxygen atoms in total. The van der Waals surface area contributed by atoms with Crippen molar-refractivity contribution in [2.75, 3.05) is 5.33 Å². The Bertz CT molecular complexity index is 86.9. The van der Waals surface area contributed by atoms with E-state index < -0.39 is 5.29 Å². The zero-order chi connectivity index (χ0) is 5.86. The van der Waals surface area contributed by atoms with Crippen LogP contribution in [0, 0.1) is 0 Å². The molecule has 0 aromatic rings. The number of rotatable bonds is 1. The van der Waals surface area contributed by atoms with Crippen LogP contribution in [0.25, 0.3) is 0 Å². The van der Waals surface area contributed by atoms with Crippen LogP contribution in [0.1, 0.15) is 0 Å². The molecule has 0 saturated carbocycles. The molecule has 0 aliphatic heterocycles. The highest BCUT2D eigenvalue weighted by molar-refractivity contribution is 9.09. The third-order valence-corrected chi connectivity index (χ3v) is 1.83. The van der Waals surface area contributed by atoms with Crippen molar-refractivity contribution < 1.29 is 4.39 Å². The Morgan fingerprint density at radius 1 is 1.57 bits per heavy atom. The number of alkyl halides is 1. The summed E-state index contributed by atoms with van der Waals surface area (Å²) in [6.45, 7) is 0. The molecule has 7 heavy (non-hydrogen) atoms. The van der Waals surface area contributed by atoms with E-state index in [9.17, 15) is 4.39 Å². The maximum absolute atomic E-state index is 11.6. The van der Waals surface area contributed by atoms with Crippen molar-refractivity contribution in [2.45, 2.75) is 0 Å². The molecular weight excluding hydrogens is 206 g/mol. The van der Waals surface area contributed by atoms with E-state index >= 15 is 0 Å². The van der Waals surface area contributed by atoms with Gasteiger partial charge in [-0.25, -0.2) is 0 Å². The molecule has 0 fully saturated rings. The predicted octanol–water partition coefficient (Wildman–Crippen LogP) is 3.00. The van der Waals surface area contributed by atoms with Crippen molar-refractivity contribution in [3.8, 4) is 0 Å². The van der Waals surface area contributed by atoms with Crippen LogP contribution in [-0.4, -0.2) is 5.33 Å². The lowest BCUT2D eigenvalue weighted by Gasteiger charge is -1.83. The highest BCUT2D eigenvalue weighted by Crippen LogP contribution is 2.15. The third-order valence-electron chi connectivity index (χ3n) is 0.322. The van der Waals surface area contributed by atoms with Gasteiger partial charge in [0.05, 0.1) is 5.03 Å². The summed E-state index contributed by atoms with van der Waals surface area (Å²) in [5, 5.41) is -0.579. The lowest BCUT2D eigenvalue weighted by atomic mass is 10.7. The first-order chi connectivity index (χ1) is 3.18. The SMILES string of the molecule is F/C(Cl)=C(\Cl)CBr. The van der Waals surface area contributed by atoms with Crippen molar-refractivity contribution in [2.24, 2.45) is 0 Å². The maximum atomic E-state index is 11.6. The molecule has 0 spiro atoms. The Balaban J connectivity index is 3.72. The number of halogens is 4. The van der Waals surface area contributed by atoms with Gasteiger partial charge in [0.25, 0.3) is 0 Å². The van der Waals surface area contributed by atoms with E-state index in [4.69, 9.17) is 23.2 Å². The second kappa shape index (κ2) is 3.70. The molecule has 0 aromatic carbocycles. The summed E-state index contributed by atoms with van der Waals surface area (Å²) in [6.07, 6.45) is 0. The molecule has 0 saturated heterocycles. The summed E-state index contributed by atoms with van der Waals surface area (Å²) in [5.41, 5.74) is 0. The molecule has 0 aromatic heterocycles. The monoisotopic (exact) mass is 206 g/mol. The minimum Gasteiger partial charge on any atom is -0.192 e. The Morgan fingerprint density at radius 3 is 2.00 bits per heavy atom. The van der Waals surface area contributed by atoms with Gasteiger partial charge >= 0.3 is 0 Å². The summed E-state index contributed by atoms with van der Waals surface area (Å²) in [4.78, 5) is 0. The van der Waals surface area contributed by atoms with Gasteiger partial charge in [0.1, 0.15) is 0 Å². The second-order valence-corrected chi connectivity index (χ2v) is 2.15. The minimum absolute atomic E-state index is 0.00154. The molecule has 0 unspecified atom stereocenters. The lowest BCUT2D eigenvalue weighted by molar-refractivity contribution is 0.690. The molecule has 0 N–H and O–H groups in total. The van der Waals surface area contributed by atoms with Gasteiger partial charge in [-0.2, -0.15) is 4.39 Å². The summed E-state index contributed by atoms with van der Waals surface area (Å²) in [7, 11) is 0. The molecule has 4 heteroatoms. The number of hydrogen-bond acceptors (Lipinski definition) is 0. The van der Waals surface area contributed by atoms with Gasteiger partial charge in [-0.05, 0) is 11.6 Å². The Morgan fingerprint density at radius 2 is 2.00 bits per heavy atom. The average molecular weight is 208 g/mol. The van der Waals surface area contributed by atoms with Gasteiger partial charge in [-0.15, -0.1) is 0 Å². The summed E-state index contributed by atoms with van der Waals surface area (Å²) in [6, 6.07) is 0. The van der Waals surface area contributed by atoms with Crippen molar-refractivity contribution in [1.29, 1.82) is 0 Å². The largest absolute Gasteiger partial charge is 0.204 e. The van der Waals surface area contributed by atoms with Crippen LogP contribution in [0.3, 0.4) is 0 Å². The highest BCUT2D eigenvalue weighted by Gasteiger charge is 1.94. The highest BCUT2D eigenvalue weighted by atomic mass is 79.9. The van der Waals surface area contributed by atoms with Crippen molar-refractivity contribution >= 4 is 39.1 Å². The fourth-order valence-electron chi connectivity index (χ4n) is 0.0505. The van der Waals surface area contributed by atoms with Gasteiger partial charge in [-0.1, -0.05) is 27.5 Å². The first kappa shape index (κ1) is 7.73. The Kier molecular flexibility index (Phi) is 4.08. The van der Waals surface area contributed by atoms with Crippen molar-refractivity contribution in [1.82, 2.24) is 0 Å². The van der Waals surface area contributed by atoms with E-state index in [1.807, 2.05) is 0 Å². The van der Waals surface area contributed by atoms with Crippen LogP contribution < -0.4 is 0 Å². The maximum Gasteiger partial charge on any atom is 0.204 e. The normalized spacial score (nSPS) is 13.7. The molecule has 0 aliphatic carbocycles. The van der Waals surface area contributed by atoms with Gasteiger partial charge in [-0.3, -0.25) is 0 Å². The molecule has 0 heterocycles. The van der Waals surface area contributed by atoms with Gasteiger partial charge in [0.15, 0.2) is 0 Å². The topological polar surface area (TPSA) is 0 Å². The van der Waals surface area contributed by atoms with E-state index in [0.29, 0.717) is 0 Å². The van der Waals surface area contributed by atoms with Crippen LogP contribution in [0.4, 0.5) is 4.39 Å². The summed E-state index contributed by atoms with van der Waals surface area (Å²) < 4.78 is 11.6. The molecule has 42 valence electrons. The van der Waals surface area contributed by atoms with E-state index in [2.05, 4.69) is 15.9 Å². The third kappa shape index (κ3) is 3.32. The van der Waals surface area contributed by atoms with Crippen LogP contribution in [0.2, 0.25) is 0 Å². The van der Waals surface area contributed by atoms with Crippen LogP contribution in [-0.2, 0) is 0 Å². The minimum atomic E-state index is -0.849. The van der Waals surface area contributed by atoms with E-state index in [1.54, 1.807) is 0 Å². The van der Waals surface area contributed by atoms with E-state index in [-0.39, 0.29) is 10.4 Å². The first-order valence-electron chi connectivity index (χ1n) is 1.44. The van der Waals surface area contributed by atoms with Crippen LogP contribution in [0.5, 0.6) is 0 Å². The van der Waals surface area contributed by atoms with Crippen molar-refractivity contribution in [3.05, 3.63) is 10.3 Å². The Hall–Kier alpha value is 0.730. The second-order valence-electron chi connectivity index (χ2n) is 0.799. The quantitative estimate of drug-likeness (QED) is 0.581. The molecule has 0 bridgehead atoms. The summed E-state index contributed by atoms with van der Waals surface area (Å²) >= 11 is 12.8. The predicted molar refractivity (Wildman–Crippen MR) is 33.6 cm³/mol. The molecule has 0 atom stereocenters. The number of allylic oxidation sites excluding steroid dienone is 1. The fourth-order valence-corrected chi connectivity index (χ4v) is 0.525. The molecular formula is C3H2BrCl2F. The summed E-state index contributed by atoms with van der Waals surface area (Å²) in [5.74, 6) is 0. The lowest BCUT2D eigenvalue weighted by Crippen LogP contribution is -1.69. The molecule has 0 aliphatic rings. The Labute approximate surface area is 59.4 Å². The van der Waals surface area contributed by atoms with E-state index in [0.717, 1.165) is 0 Å². The molecule has 0 amide bonds. The number of hydrogen-bond donors (Lipinski definition) is 0. The van der Waals surface area contributed by atoms with E-state index in [1.165, 1.54) is 0 Å². The average Bonchev–Trinajstić information content (AvgIpc) is 1.65. The smallest absolute Gasteiger partial charge is 0.192 e. The zero-order valence-electron chi connectivity index (χ0n) is 3.22. The van der Waals surface area contributed by atoms with Gasteiger partial charge < -0.3 is 0 Å². The fraction of sp³-hybridized carbons (Fsp3) is 0.333. The van der Waals surface area contributed by atoms with Gasteiger partial charge in [0.2, 0.25) is 5.29 Å². The van der Waals surface area contributed by atoms with Crippen LogP contribution >= 0.6 is 39.1 Å². The van der Waals surface area contributed by atoms with Gasteiger partial charge in [0, 0.05) is 5.33 Å². The molecule has 0 rings (SSSR count). The van der Waals surface area contributed by atoms with Crippen molar-refractivity contribution in [3.63, 3.8) is 0 Å². The standard InChI is InChI=1S/C3H2BrCl2F/c4-1-2(5)3(6)7/h1H2/b3-2-. The molecule has 0 radical (unpaired) electrons.